The van der Waals surface area contributed by atoms with Crippen molar-refractivity contribution in [1.82, 2.24) is 4.90 Å². The summed E-state index contributed by atoms with van der Waals surface area (Å²) in [6.45, 7) is 8.51. The van der Waals surface area contributed by atoms with E-state index in [-0.39, 0.29) is 5.91 Å². The molecule has 1 amide bonds. The molecule has 0 radical (unpaired) electrons. The van der Waals surface area contributed by atoms with Gasteiger partial charge in [0.15, 0.2) is 0 Å². The van der Waals surface area contributed by atoms with E-state index in [1.807, 2.05) is 6.92 Å². The Morgan fingerprint density at radius 3 is 2.18 bits per heavy atom. The molecule has 0 spiro atoms. The Morgan fingerprint density at radius 2 is 1.73 bits per heavy atom. The summed E-state index contributed by atoms with van der Waals surface area (Å²) in [6, 6.07) is 5.14. The van der Waals surface area contributed by atoms with Crippen molar-refractivity contribution >= 4 is 18.5 Å². The summed E-state index contributed by atoms with van der Waals surface area (Å²) < 4.78 is 5.62. The lowest BCUT2D eigenvalue weighted by Crippen LogP contribution is -2.53. The van der Waals surface area contributed by atoms with Crippen molar-refractivity contribution in [3.63, 3.8) is 0 Å². The van der Waals surface area contributed by atoms with E-state index in [1.165, 1.54) is 4.90 Å². The molecular formula is C16H26BNO4. The van der Waals surface area contributed by atoms with Crippen LogP contribution in [0, 0.1) is 6.92 Å². The maximum atomic E-state index is 12.1. The fourth-order valence-electron chi connectivity index (χ4n) is 1.83. The molecule has 0 aliphatic heterocycles. The molecule has 6 heteroatoms. The molecule has 1 aromatic carbocycles. The van der Waals surface area contributed by atoms with Gasteiger partial charge in [-0.3, -0.25) is 4.79 Å². The summed E-state index contributed by atoms with van der Waals surface area (Å²) in [5, 5.41) is 20.4. The van der Waals surface area contributed by atoms with Crippen LogP contribution in [0.3, 0.4) is 0 Å². The lowest BCUT2D eigenvalue weighted by Gasteiger charge is -2.38. The second kappa shape index (κ2) is 6.40. The van der Waals surface area contributed by atoms with Crippen molar-refractivity contribution < 1.29 is 19.6 Å². The van der Waals surface area contributed by atoms with Gasteiger partial charge < -0.3 is 19.7 Å². The highest BCUT2D eigenvalue weighted by Gasteiger charge is 2.39. The van der Waals surface area contributed by atoms with Crippen LogP contribution in [0.2, 0.25) is 0 Å². The first-order valence-corrected chi connectivity index (χ1v) is 7.26. The maximum absolute atomic E-state index is 12.1. The van der Waals surface area contributed by atoms with E-state index in [0.717, 1.165) is 5.56 Å². The molecule has 2 N–H and O–H groups in total. The zero-order chi connectivity index (χ0) is 17.3. The first kappa shape index (κ1) is 18.7. The van der Waals surface area contributed by atoms with E-state index in [2.05, 4.69) is 0 Å². The van der Waals surface area contributed by atoms with Crippen LogP contribution in [-0.2, 0) is 4.65 Å². The Labute approximate surface area is 133 Å². The highest BCUT2D eigenvalue weighted by Crippen LogP contribution is 2.25. The quantitative estimate of drug-likeness (QED) is 0.795. The van der Waals surface area contributed by atoms with Crippen LogP contribution in [0.5, 0.6) is 0 Å². The Bertz CT molecular complexity index is 550. The van der Waals surface area contributed by atoms with Gasteiger partial charge in [-0.2, -0.15) is 0 Å². The standard InChI is InChI=1S/C16H26BNO4/c1-11-8-12(14(19)18(6)7)10-13(9-11)17(21)22-16(4,5)15(2,3)20/h8-10,20-21H,1-7H3. The minimum absolute atomic E-state index is 0.140. The summed E-state index contributed by atoms with van der Waals surface area (Å²) in [5.41, 5.74) is -0.250. The average Bonchev–Trinajstić information content (AvgIpc) is 2.34. The number of nitrogens with zero attached hydrogens (tertiary/aromatic N) is 1. The van der Waals surface area contributed by atoms with Gasteiger partial charge in [0.05, 0.1) is 11.2 Å². The number of aliphatic hydroxyl groups is 1. The molecule has 122 valence electrons. The fraction of sp³-hybridized carbons (Fsp3) is 0.562. The molecule has 0 saturated carbocycles. The first-order valence-electron chi connectivity index (χ1n) is 7.26. The molecule has 0 atom stereocenters. The van der Waals surface area contributed by atoms with Crippen molar-refractivity contribution in [2.24, 2.45) is 0 Å². The van der Waals surface area contributed by atoms with Crippen LogP contribution in [0.4, 0.5) is 0 Å². The monoisotopic (exact) mass is 307 g/mol. The molecule has 0 aromatic heterocycles. The second-order valence-corrected chi connectivity index (χ2v) is 6.87. The molecule has 0 heterocycles. The second-order valence-electron chi connectivity index (χ2n) is 6.87. The molecule has 0 aliphatic carbocycles. The Balaban J connectivity index is 3.09. The smallest absolute Gasteiger partial charge is 0.423 e. The Kier molecular flexibility index (Phi) is 5.44. The van der Waals surface area contributed by atoms with Crippen LogP contribution in [0.15, 0.2) is 18.2 Å². The number of amides is 1. The third-order valence-electron chi connectivity index (χ3n) is 3.92. The highest BCUT2D eigenvalue weighted by molar-refractivity contribution is 6.60. The normalized spacial score (nSPS) is 12.2. The number of benzene rings is 1. The minimum Gasteiger partial charge on any atom is -0.423 e. The molecule has 0 bridgehead atoms. The predicted octanol–water partition coefficient (Wildman–Crippen LogP) is 0.950. The summed E-state index contributed by atoms with van der Waals surface area (Å²) in [5.74, 6) is -0.140. The zero-order valence-corrected chi connectivity index (χ0v) is 14.5. The van der Waals surface area contributed by atoms with Crippen LogP contribution in [-0.4, -0.2) is 53.4 Å². The van der Waals surface area contributed by atoms with Gasteiger partial charge in [-0.25, -0.2) is 0 Å². The van der Waals surface area contributed by atoms with E-state index >= 15 is 0 Å². The van der Waals surface area contributed by atoms with Gasteiger partial charge in [0.1, 0.15) is 0 Å². The molecule has 0 fully saturated rings. The van der Waals surface area contributed by atoms with Crippen LogP contribution in [0.25, 0.3) is 0 Å². The van der Waals surface area contributed by atoms with Crippen molar-refractivity contribution in [2.45, 2.75) is 45.8 Å². The van der Waals surface area contributed by atoms with Gasteiger partial charge in [-0.15, -0.1) is 0 Å². The van der Waals surface area contributed by atoms with E-state index in [4.69, 9.17) is 4.65 Å². The van der Waals surface area contributed by atoms with Crippen molar-refractivity contribution in [1.29, 1.82) is 0 Å². The SMILES string of the molecule is Cc1cc(B(O)OC(C)(C)C(C)(C)O)cc(C(=O)N(C)C)c1. The third kappa shape index (κ3) is 4.32. The number of carbonyl (C=O) groups is 1. The molecule has 1 rings (SSSR count). The summed E-state index contributed by atoms with van der Waals surface area (Å²) in [7, 11) is 2.12. The van der Waals surface area contributed by atoms with Gasteiger partial charge in [-0.05, 0) is 52.2 Å². The van der Waals surface area contributed by atoms with Crippen LogP contribution < -0.4 is 5.46 Å². The van der Waals surface area contributed by atoms with E-state index in [9.17, 15) is 14.9 Å². The van der Waals surface area contributed by atoms with Crippen LogP contribution >= 0.6 is 0 Å². The van der Waals surface area contributed by atoms with Gasteiger partial charge in [0, 0.05) is 19.7 Å². The Hall–Kier alpha value is -1.37. The largest absolute Gasteiger partial charge is 0.491 e. The van der Waals surface area contributed by atoms with Gasteiger partial charge in [-0.1, -0.05) is 11.6 Å². The van der Waals surface area contributed by atoms with Crippen molar-refractivity contribution in [3.8, 4) is 0 Å². The van der Waals surface area contributed by atoms with E-state index in [1.54, 1.807) is 60.0 Å². The molecule has 0 aliphatic rings. The number of hydrogen-bond acceptors (Lipinski definition) is 4. The zero-order valence-electron chi connectivity index (χ0n) is 14.5. The number of carbonyl (C=O) groups excluding carboxylic acids is 1. The molecule has 22 heavy (non-hydrogen) atoms. The predicted molar refractivity (Wildman–Crippen MR) is 88.3 cm³/mol. The van der Waals surface area contributed by atoms with E-state index < -0.39 is 18.3 Å². The average molecular weight is 307 g/mol. The maximum Gasteiger partial charge on any atom is 0.491 e. The fourth-order valence-corrected chi connectivity index (χ4v) is 1.83. The molecule has 1 aromatic rings. The molecule has 0 unspecified atom stereocenters. The molecule has 5 nitrogen and oxygen atoms in total. The molecule has 0 saturated heterocycles. The highest BCUT2D eigenvalue weighted by atomic mass is 16.5. The summed E-state index contributed by atoms with van der Waals surface area (Å²) in [6.07, 6.45) is 0. The van der Waals surface area contributed by atoms with Gasteiger partial charge in [0.2, 0.25) is 0 Å². The first-order chi connectivity index (χ1) is 9.85. The molecular weight excluding hydrogens is 281 g/mol. The summed E-state index contributed by atoms with van der Waals surface area (Å²) >= 11 is 0. The van der Waals surface area contributed by atoms with Gasteiger partial charge >= 0.3 is 7.12 Å². The van der Waals surface area contributed by atoms with E-state index in [0.29, 0.717) is 11.0 Å². The number of hydrogen-bond donors (Lipinski definition) is 2. The topological polar surface area (TPSA) is 70.0 Å². The van der Waals surface area contributed by atoms with Crippen molar-refractivity contribution in [3.05, 3.63) is 29.3 Å². The number of aryl methyl sites for hydroxylation is 1. The minimum atomic E-state index is -1.23. The number of rotatable bonds is 5. The summed E-state index contributed by atoms with van der Waals surface area (Å²) in [4.78, 5) is 13.6. The Morgan fingerprint density at radius 1 is 1.18 bits per heavy atom. The van der Waals surface area contributed by atoms with Crippen molar-refractivity contribution in [2.75, 3.05) is 14.1 Å². The third-order valence-corrected chi connectivity index (χ3v) is 3.92. The van der Waals surface area contributed by atoms with Gasteiger partial charge in [0.25, 0.3) is 5.91 Å². The van der Waals surface area contributed by atoms with Crippen LogP contribution in [0.1, 0.15) is 43.6 Å². The lowest BCUT2D eigenvalue weighted by molar-refractivity contribution is -0.0982. The lowest BCUT2D eigenvalue weighted by atomic mass is 9.75.